The Balaban J connectivity index is 2.57. The fraction of sp³-hybridized carbons (Fsp3) is 0.619. The van der Waals surface area contributed by atoms with Crippen molar-refractivity contribution in [3.63, 3.8) is 0 Å². The van der Waals surface area contributed by atoms with E-state index < -0.39 is 15.4 Å². The lowest BCUT2D eigenvalue weighted by Crippen LogP contribution is -2.41. The molecule has 0 aliphatic carbocycles. The van der Waals surface area contributed by atoms with Crippen molar-refractivity contribution in [2.24, 2.45) is 0 Å². The minimum absolute atomic E-state index is 0.178. The molecule has 0 radical (unpaired) electrons. The molecule has 1 saturated heterocycles. The lowest BCUT2D eigenvalue weighted by molar-refractivity contribution is 0.00578. The molecule has 0 saturated carbocycles. The van der Waals surface area contributed by atoms with Gasteiger partial charge in [0.05, 0.1) is 18.3 Å². The Morgan fingerprint density at radius 2 is 1.48 bits per heavy atom. The lowest BCUT2D eigenvalue weighted by Gasteiger charge is -2.32. The number of allylic oxidation sites excluding steroid dienone is 1. The third-order valence-corrected chi connectivity index (χ3v) is 8.86. The van der Waals surface area contributed by atoms with E-state index in [1.54, 1.807) is 7.11 Å². The standard InChI is InChI=1S/C21H35BO4Si/c1-15(2)24-27(9,10)16(3)19(17-11-13-18(23-8)14-12-17)22-25-20(4,5)21(6,7)26-22/h11-15H,1-10H3/b19-16-. The second kappa shape index (κ2) is 7.74. The summed E-state index contributed by atoms with van der Waals surface area (Å²) in [6, 6.07) is 8.10. The Hall–Kier alpha value is -1.08. The first-order valence-corrected chi connectivity index (χ1v) is 12.6. The van der Waals surface area contributed by atoms with E-state index >= 15 is 0 Å². The Kier molecular flexibility index (Phi) is 6.37. The molecule has 0 aromatic heterocycles. The van der Waals surface area contributed by atoms with E-state index in [1.807, 2.05) is 12.1 Å². The van der Waals surface area contributed by atoms with Crippen LogP contribution in [0.5, 0.6) is 5.75 Å². The number of methoxy groups -OCH3 is 1. The highest BCUT2D eigenvalue weighted by Gasteiger charge is 2.53. The zero-order valence-corrected chi connectivity index (χ0v) is 19.6. The van der Waals surface area contributed by atoms with Gasteiger partial charge in [-0.15, -0.1) is 0 Å². The van der Waals surface area contributed by atoms with Crippen LogP contribution in [-0.2, 0) is 13.7 Å². The van der Waals surface area contributed by atoms with E-state index in [2.05, 4.69) is 73.7 Å². The van der Waals surface area contributed by atoms with Gasteiger partial charge in [0.25, 0.3) is 0 Å². The normalized spacial score (nSPS) is 20.0. The molecule has 1 aromatic carbocycles. The summed E-state index contributed by atoms with van der Waals surface area (Å²) in [5.74, 6) is 0.833. The quantitative estimate of drug-likeness (QED) is 0.620. The molecule has 0 spiro atoms. The van der Waals surface area contributed by atoms with Crippen molar-refractivity contribution < 1.29 is 18.5 Å². The van der Waals surface area contributed by atoms with Crippen molar-refractivity contribution in [1.29, 1.82) is 0 Å². The van der Waals surface area contributed by atoms with Crippen LogP contribution in [0.4, 0.5) is 0 Å². The largest absolute Gasteiger partial charge is 0.497 e. The van der Waals surface area contributed by atoms with E-state index in [-0.39, 0.29) is 17.3 Å². The summed E-state index contributed by atoms with van der Waals surface area (Å²) < 4.78 is 24.5. The van der Waals surface area contributed by atoms with Gasteiger partial charge in [0, 0.05) is 6.10 Å². The van der Waals surface area contributed by atoms with Gasteiger partial charge < -0.3 is 18.5 Å². The van der Waals surface area contributed by atoms with E-state index in [0.717, 1.165) is 16.8 Å². The maximum absolute atomic E-state index is 6.41. The maximum atomic E-state index is 6.41. The van der Waals surface area contributed by atoms with E-state index in [4.69, 9.17) is 18.5 Å². The van der Waals surface area contributed by atoms with Crippen molar-refractivity contribution in [3.8, 4) is 5.75 Å². The molecule has 0 N–H and O–H groups in total. The van der Waals surface area contributed by atoms with Crippen LogP contribution in [0.3, 0.4) is 0 Å². The van der Waals surface area contributed by atoms with Gasteiger partial charge >= 0.3 is 7.12 Å². The number of hydrogen-bond donors (Lipinski definition) is 0. The molecule has 1 aromatic rings. The average molecular weight is 390 g/mol. The average Bonchev–Trinajstić information content (AvgIpc) is 2.74. The predicted molar refractivity (Wildman–Crippen MR) is 115 cm³/mol. The number of rotatable bonds is 6. The molecule has 0 unspecified atom stereocenters. The van der Waals surface area contributed by atoms with Crippen LogP contribution in [-0.4, -0.2) is 39.9 Å². The molecule has 1 fully saturated rings. The minimum atomic E-state index is -2.11. The van der Waals surface area contributed by atoms with Crippen molar-refractivity contribution in [2.75, 3.05) is 7.11 Å². The first kappa shape index (κ1) is 22.2. The van der Waals surface area contributed by atoms with E-state index in [9.17, 15) is 0 Å². The molecular weight excluding hydrogens is 355 g/mol. The Bertz CT molecular complexity index is 677. The molecule has 1 heterocycles. The molecule has 1 aliphatic heterocycles. The minimum Gasteiger partial charge on any atom is -0.497 e. The lowest BCUT2D eigenvalue weighted by atomic mass is 9.73. The highest BCUT2D eigenvalue weighted by atomic mass is 28.4. The zero-order valence-electron chi connectivity index (χ0n) is 18.6. The molecule has 0 amide bonds. The number of ether oxygens (including phenoxy) is 1. The Morgan fingerprint density at radius 1 is 1.00 bits per heavy atom. The van der Waals surface area contributed by atoms with Gasteiger partial charge in [-0.05, 0) is 84.7 Å². The van der Waals surface area contributed by atoms with Crippen LogP contribution < -0.4 is 4.74 Å². The molecule has 27 heavy (non-hydrogen) atoms. The van der Waals surface area contributed by atoms with Gasteiger partial charge in [-0.1, -0.05) is 17.3 Å². The van der Waals surface area contributed by atoms with Crippen LogP contribution in [0, 0.1) is 0 Å². The molecule has 6 heteroatoms. The summed E-state index contributed by atoms with van der Waals surface area (Å²) in [5.41, 5.74) is 1.38. The zero-order chi connectivity index (χ0) is 20.6. The fourth-order valence-electron chi connectivity index (χ4n) is 3.26. The third-order valence-electron chi connectivity index (χ3n) is 5.73. The van der Waals surface area contributed by atoms with E-state index in [1.165, 1.54) is 5.20 Å². The van der Waals surface area contributed by atoms with Crippen molar-refractivity contribution >= 4 is 20.9 Å². The molecular formula is C21H35BO4Si. The van der Waals surface area contributed by atoms with Crippen molar-refractivity contribution in [1.82, 2.24) is 0 Å². The van der Waals surface area contributed by atoms with Gasteiger partial charge in [-0.25, -0.2) is 0 Å². The van der Waals surface area contributed by atoms with Crippen LogP contribution in [0.25, 0.3) is 5.47 Å². The van der Waals surface area contributed by atoms with Gasteiger partial charge in [0.2, 0.25) is 8.32 Å². The van der Waals surface area contributed by atoms with Gasteiger partial charge in [-0.3, -0.25) is 0 Å². The smallest absolute Gasteiger partial charge is 0.495 e. The molecule has 0 bridgehead atoms. The summed E-state index contributed by atoms with van der Waals surface area (Å²) in [6.07, 6.45) is 0.178. The van der Waals surface area contributed by atoms with Crippen LogP contribution in [0.2, 0.25) is 13.1 Å². The monoisotopic (exact) mass is 390 g/mol. The van der Waals surface area contributed by atoms with Crippen molar-refractivity contribution in [2.45, 2.75) is 78.9 Å². The molecule has 0 atom stereocenters. The third kappa shape index (κ3) is 4.68. The topological polar surface area (TPSA) is 36.9 Å². The van der Waals surface area contributed by atoms with Gasteiger partial charge in [-0.2, -0.15) is 0 Å². The van der Waals surface area contributed by atoms with Crippen molar-refractivity contribution in [3.05, 3.63) is 35.0 Å². The highest BCUT2D eigenvalue weighted by Crippen LogP contribution is 2.42. The van der Waals surface area contributed by atoms with Crippen LogP contribution >= 0.6 is 0 Å². The molecule has 1 aliphatic rings. The fourth-order valence-corrected chi connectivity index (χ4v) is 5.53. The Morgan fingerprint density at radius 3 is 1.89 bits per heavy atom. The first-order valence-electron chi connectivity index (χ1n) is 9.70. The SMILES string of the molecule is COc1ccc(/C(B2OC(C)(C)C(C)(C)O2)=C(\C)[Si](C)(C)OC(C)C)cc1. The van der Waals surface area contributed by atoms with E-state index in [0.29, 0.717) is 0 Å². The first-order chi connectivity index (χ1) is 12.3. The van der Waals surface area contributed by atoms with Crippen LogP contribution in [0.1, 0.15) is 54.0 Å². The molecule has 150 valence electrons. The van der Waals surface area contributed by atoms with Crippen LogP contribution in [0.15, 0.2) is 29.5 Å². The number of benzene rings is 1. The maximum Gasteiger partial charge on any atom is 0.495 e. The van der Waals surface area contributed by atoms with Gasteiger partial charge in [0.15, 0.2) is 0 Å². The summed E-state index contributed by atoms with van der Waals surface area (Å²) >= 11 is 0. The molecule has 2 rings (SSSR count). The summed E-state index contributed by atoms with van der Waals surface area (Å²) in [4.78, 5) is 0. The summed E-state index contributed by atoms with van der Waals surface area (Å²) in [5, 5.41) is 1.24. The predicted octanol–water partition coefficient (Wildman–Crippen LogP) is 5.27. The summed E-state index contributed by atoms with van der Waals surface area (Å²) in [6.45, 7) is 19.1. The van der Waals surface area contributed by atoms with Gasteiger partial charge in [0.1, 0.15) is 5.75 Å². The molecule has 4 nitrogen and oxygen atoms in total. The summed E-state index contributed by atoms with van der Waals surface area (Å²) in [7, 11) is -0.856. The number of hydrogen-bond acceptors (Lipinski definition) is 4. The second-order valence-corrected chi connectivity index (χ2v) is 13.0. The highest BCUT2D eigenvalue weighted by molar-refractivity contribution is 6.84. The Labute approximate surface area is 166 Å². The second-order valence-electron chi connectivity index (χ2n) is 9.03.